The van der Waals surface area contributed by atoms with Gasteiger partial charge in [0.15, 0.2) is 0 Å². The van der Waals surface area contributed by atoms with Crippen LogP contribution in [0.5, 0.6) is 0 Å². The van der Waals surface area contributed by atoms with E-state index in [0.717, 1.165) is 30.4 Å². The van der Waals surface area contributed by atoms with Gasteiger partial charge in [0.05, 0.1) is 5.52 Å². The summed E-state index contributed by atoms with van der Waals surface area (Å²) in [5, 5.41) is 4.73. The van der Waals surface area contributed by atoms with Crippen molar-refractivity contribution in [3.05, 3.63) is 35.9 Å². The fourth-order valence-electron chi connectivity index (χ4n) is 3.56. The predicted octanol–water partition coefficient (Wildman–Crippen LogP) is 2.20. The molecule has 2 aromatic rings. The summed E-state index contributed by atoms with van der Waals surface area (Å²) < 4.78 is 0. The van der Waals surface area contributed by atoms with Crippen molar-refractivity contribution in [2.45, 2.75) is 6.92 Å². The van der Waals surface area contributed by atoms with E-state index in [9.17, 15) is 0 Å². The number of aryl methyl sites for hydroxylation is 1. The minimum atomic E-state index is 0.813. The Bertz CT molecular complexity index is 610. The smallest absolute Gasteiger partial charge is 0.132 e. The molecule has 2 atom stereocenters. The van der Waals surface area contributed by atoms with Crippen LogP contribution in [0.2, 0.25) is 0 Å². The summed E-state index contributed by atoms with van der Waals surface area (Å²) >= 11 is 0. The van der Waals surface area contributed by atoms with E-state index in [1.54, 1.807) is 0 Å². The van der Waals surface area contributed by atoms with Crippen molar-refractivity contribution < 1.29 is 0 Å². The first-order valence-corrected chi connectivity index (χ1v) is 7.13. The van der Waals surface area contributed by atoms with E-state index in [0.29, 0.717) is 0 Å². The molecule has 0 saturated carbocycles. The Labute approximate surface area is 113 Å². The number of benzene rings is 1. The Morgan fingerprint density at radius 3 is 2.68 bits per heavy atom. The zero-order valence-corrected chi connectivity index (χ0v) is 11.3. The fourth-order valence-corrected chi connectivity index (χ4v) is 3.56. The molecule has 2 aliphatic heterocycles. The number of fused-ring (bicyclic) bond motifs is 2. The Balaban J connectivity index is 1.73. The van der Waals surface area contributed by atoms with Gasteiger partial charge >= 0.3 is 0 Å². The molecule has 0 radical (unpaired) electrons. The van der Waals surface area contributed by atoms with Crippen LogP contribution in [0.3, 0.4) is 0 Å². The lowest BCUT2D eigenvalue weighted by atomic mass is 10.0. The summed E-state index contributed by atoms with van der Waals surface area (Å²) in [6.45, 7) is 6.84. The maximum absolute atomic E-state index is 4.89. The van der Waals surface area contributed by atoms with Gasteiger partial charge in [-0.2, -0.15) is 0 Å². The third kappa shape index (κ3) is 1.80. The zero-order chi connectivity index (χ0) is 12.8. The standard InChI is InChI=1S/C16H19N3/c1-11-6-12-4-2-3-5-15(12)18-16(11)19-9-13-7-17-8-14(13)10-19/h2-6,13-14,17H,7-10H2,1H3/t13-,14+. The molecule has 1 aromatic heterocycles. The van der Waals surface area contributed by atoms with E-state index in [-0.39, 0.29) is 0 Å². The third-order valence-electron chi connectivity index (χ3n) is 4.58. The number of nitrogens with one attached hydrogen (secondary N) is 1. The van der Waals surface area contributed by atoms with Crippen LogP contribution in [0.4, 0.5) is 5.82 Å². The largest absolute Gasteiger partial charge is 0.356 e. The quantitative estimate of drug-likeness (QED) is 0.844. The van der Waals surface area contributed by atoms with Gasteiger partial charge in [-0.25, -0.2) is 4.98 Å². The molecule has 3 nitrogen and oxygen atoms in total. The van der Waals surface area contributed by atoms with E-state index in [2.05, 4.69) is 47.5 Å². The molecule has 19 heavy (non-hydrogen) atoms. The summed E-state index contributed by atoms with van der Waals surface area (Å²) in [6, 6.07) is 10.7. The zero-order valence-electron chi connectivity index (χ0n) is 11.3. The number of pyridine rings is 1. The number of para-hydroxylation sites is 1. The van der Waals surface area contributed by atoms with Gasteiger partial charge in [-0.1, -0.05) is 18.2 Å². The van der Waals surface area contributed by atoms with Crippen LogP contribution in [0.1, 0.15) is 5.56 Å². The van der Waals surface area contributed by atoms with Crippen LogP contribution < -0.4 is 10.2 Å². The van der Waals surface area contributed by atoms with Crippen molar-refractivity contribution >= 4 is 16.7 Å². The van der Waals surface area contributed by atoms with Gasteiger partial charge in [-0.3, -0.25) is 0 Å². The molecule has 1 aromatic carbocycles. The summed E-state index contributed by atoms with van der Waals surface area (Å²) in [7, 11) is 0. The van der Waals surface area contributed by atoms with Gasteiger partial charge in [0.1, 0.15) is 5.82 Å². The molecule has 1 N–H and O–H groups in total. The van der Waals surface area contributed by atoms with E-state index in [1.165, 1.54) is 29.9 Å². The van der Waals surface area contributed by atoms with Gasteiger partial charge < -0.3 is 10.2 Å². The van der Waals surface area contributed by atoms with Gasteiger partial charge in [-0.05, 0) is 36.5 Å². The van der Waals surface area contributed by atoms with Crippen LogP contribution in [-0.4, -0.2) is 31.2 Å². The van der Waals surface area contributed by atoms with Crippen LogP contribution in [-0.2, 0) is 0 Å². The monoisotopic (exact) mass is 253 g/mol. The van der Waals surface area contributed by atoms with Gasteiger partial charge in [0.25, 0.3) is 0 Å². The van der Waals surface area contributed by atoms with E-state index in [1.807, 2.05) is 0 Å². The summed E-state index contributed by atoms with van der Waals surface area (Å²) in [6.07, 6.45) is 0. The Kier molecular flexibility index (Phi) is 2.49. The van der Waals surface area contributed by atoms with Gasteiger partial charge in [0, 0.05) is 31.6 Å². The van der Waals surface area contributed by atoms with Crippen molar-refractivity contribution in [3.63, 3.8) is 0 Å². The Morgan fingerprint density at radius 2 is 1.89 bits per heavy atom. The molecule has 0 unspecified atom stereocenters. The molecule has 0 spiro atoms. The minimum Gasteiger partial charge on any atom is -0.356 e. The molecule has 2 saturated heterocycles. The van der Waals surface area contributed by atoms with Gasteiger partial charge in [0.2, 0.25) is 0 Å². The van der Waals surface area contributed by atoms with Crippen molar-refractivity contribution in [1.82, 2.24) is 10.3 Å². The van der Waals surface area contributed by atoms with Gasteiger partial charge in [-0.15, -0.1) is 0 Å². The van der Waals surface area contributed by atoms with Crippen LogP contribution in [0.25, 0.3) is 10.9 Å². The SMILES string of the molecule is Cc1cc2ccccc2nc1N1C[C@H]2CNC[C@H]2C1. The first-order chi connectivity index (χ1) is 9.31. The number of hydrogen-bond donors (Lipinski definition) is 1. The maximum Gasteiger partial charge on any atom is 0.132 e. The average molecular weight is 253 g/mol. The molecular weight excluding hydrogens is 234 g/mol. The molecule has 0 bridgehead atoms. The first-order valence-electron chi connectivity index (χ1n) is 7.13. The lowest BCUT2D eigenvalue weighted by Crippen LogP contribution is -2.26. The highest BCUT2D eigenvalue weighted by molar-refractivity contribution is 5.81. The highest BCUT2D eigenvalue weighted by Gasteiger charge is 2.36. The fraction of sp³-hybridized carbons (Fsp3) is 0.438. The lowest BCUT2D eigenvalue weighted by Gasteiger charge is -2.21. The van der Waals surface area contributed by atoms with E-state index < -0.39 is 0 Å². The van der Waals surface area contributed by atoms with Crippen molar-refractivity contribution in [2.75, 3.05) is 31.1 Å². The van der Waals surface area contributed by atoms with E-state index in [4.69, 9.17) is 4.98 Å². The average Bonchev–Trinajstić information content (AvgIpc) is 2.98. The lowest BCUT2D eigenvalue weighted by molar-refractivity contribution is 0.533. The number of nitrogens with zero attached hydrogens (tertiary/aromatic N) is 2. The summed E-state index contributed by atoms with van der Waals surface area (Å²) in [5.41, 5.74) is 2.41. The van der Waals surface area contributed by atoms with E-state index >= 15 is 0 Å². The van der Waals surface area contributed by atoms with Crippen molar-refractivity contribution in [1.29, 1.82) is 0 Å². The second kappa shape index (κ2) is 4.20. The molecule has 0 aliphatic carbocycles. The minimum absolute atomic E-state index is 0.813. The van der Waals surface area contributed by atoms with Crippen LogP contribution in [0.15, 0.2) is 30.3 Å². The summed E-state index contributed by atoms with van der Waals surface area (Å²) in [4.78, 5) is 7.37. The van der Waals surface area contributed by atoms with Crippen LogP contribution in [0, 0.1) is 18.8 Å². The normalized spacial score (nSPS) is 26.1. The molecular formula is C16H19N3. The molecule has 3 heteroatoms. The number of aromatic nitrogens is 1. The number of rotatable bonds is 1. The highest BCUT2D eigenvalue weighted by atomic mass is 15.2. The topological polar surface area (TPSA) is 28.2 Å². The molecule has 3 heterocycles. The Hall–Kier alpha value is -1.61. The maximum atomic E-state index is 4.89. The third-order valence-corrected chi connectivity index (χ3v) is 4.58. The second-order valence-electron chi connectivity index (χ2n) is 5.90. The Morgan fingerprint density at radius 1 is 1.16 bits per heavy atom. The molecule has 2 aliphatic rings. The number of anilines is 1. The van der Waals surface area contributed by atoms with Crippen LogP contribution >= 0.6 is 0 Å². The number of hydrogen-bond acceptors (Lipinski definition) is 3. The van der Waals surface area contributed by atoms with Crippen molar-refractivity contribution in [3.8, 4) is 0 Å². The first kappa shape index (κ1) is 11.2. The predicted molar refractivity (Wildman–Crippen MR) is 78.5 cm³/mol. The molecule has 0 amide bonds. The van der Waals surface area contributed by atoms with Crippen molar-refractivity contribution in [2.24, 2.45) is 11.8 Å². The highest BCUT2D eigenvalue weighted by Crippen LogP contribution is 2.32. The molecule has 4 rings (SSSR count). The molecule has 2 fully saturated rings. The summed E-state index contributed by atoms with van der Waals surface area (Å²) in [5.74, 6) is 2.81. The molecule has 98 valence electrons. The second-order valence-corrected chi connectivity index (χ2v) is 5.90.